The number of carbonyl (C=O) groups excluding carboxylic acids is 1. The quantitative estimate of drug-likeness (QED) is 0.844. The molecule has 6 heteroatoms. The number of halogens is 1. The van der Waals surface area contributed by atoms with Crippen molar-refractivity contribution in [3.8, 4) is 0 Å². The van der Waals surface area contributed by atoms with E-state index in [4.69, 9.17) is 16.7 Å². The predicted molar refractivity (Wildman–Crippen MR) is 80.1 cm³/mol. The summed E-state index contributed by atoms with van der Waals surface area (Å²) >= 11 is 5.92. The van der Waals surface area contributed by atoms with Gasteiger partial charge in [-0.05, 0) is 29.8 Å². The SMILES string of the molecule is CN(C)C(=O)CN(C)c1ccc(Cl)cc1/C=C/C(=O)O. The zero-order valence-electron chi connectivity index (χ0n) is 11.6. The van der Waals surface area contributed by atoms with Gasteiger partial charge in [-0.25, -0.2) is 4.79 Å². The van der Waals surface area contributed by atoms with Crippen LogP contribution in [-0.2, 0) is 9.59 Å². The molecule has 0 bridgehead atoms. The first-order valence-corrected chi connectivity index (χ1v) is 6.31. The Hall–Kier alpha value is -2.01. The predicted octanol–water partition coefficient (Wildman–Crippen LogP) is 1.96. The monoisotopic (exact) mass is 296 g/mol. The summed E-state index contributed by atoms with van der Waals surface area (Å²) in [5.74, 6) is -1.08. The fourth-order valence-electron chi connectivity index (χ4n) is 1.60. The molecule has 0 heterocycles. The summed E-state index contributed by atoms with van der Waals surface area (Å²) in [6.07, 6.45) is 2.50. The number of carboxylic acids is 1. The lowest BCUT2D eigenvalue weighted by Crippen LogP contribution is -2.34. The molecular formula is C14H17ClN2O3. The number of benzene rings is 1. The second-order valence-corrected chi connectivity index (χ2v) is 4.96. The Balaban J connectivity index is 3.04. The maximum absolute atomic E-state index is 11.7. The highest BCUT2D eigenvalue weighted by Crippen LogP contribution is 2.24. The van der Waals surface area contributed by atoms with Gasteiger partial charge in [-0.3, -0.25) is 4.79 Å². The molecule has 0 spiro atoms. The number of rotatable bonds is 5. The van der Waals surface area contributed by atoms with Crippen molar-refractivity contribution in [1.82, 2.24) is 4.90 Å². The Bertz CT molecular complexity index is 541. The van der Waals surface area contributed by atoms with Crippen LogP contribution in [0.25, 0.3) is 6.08 Å². The highest BCUT2D eigenvalue weighted by molar-refractivity contribution is 6.30. The molecule has 1 amide bonds. The van der Waals surface area contributed by atoms with E-state index in [1.54, 1.807) is 44.2 Å². The van der Waals surface area contributed by atoms with Gasteiger partial charge < -0.3 is 14.9 Å². The number of nitrogens with zero attached hydrogens (tertiary/aromatic N) is 2. The maximum atomic E-state index is 11.7. The summed E-state index contributed by atoms with van der Waals surface area (Å²) < 4.78 is 0. The normalized spacial score (nSPS) is 10.6. The largest absolute Gasteiger partial charge is 0.478 e. The molecule has 0 saturated heterocycles. The second kappa shape index (κ2) is 6.96. The molecule has 20 heavy (non-hydrogen) atoms. The number of anilines is 1. The van der Waals surface area contributed by atoms with Crippen LogP contribution in [0.1, 0.15) is 5.56 Å². The fourth-order valence-corrected chi connectivity index (χ4v) is 1.78. The van der Waals surface area contributed by atoms with E-state index in [0.717, 1.165) is 11.8 Å². The van der Waals surface area contributed by atoms with Gasteiger partial charge in [0.25, 0.3) is 0 Å². The molecule has 0 unspecified atom stereocenters. The smallest absolute Gasteiger partial charge is 0.328 e. The first kappa shape index (κ1) is 16.0. The highest BCUT2D eigenvalue weighted by Gasteiger charge is 2.12. The summed E-state index contributed by atoms with van der Waals surface area (Å²) in [5, 5.41) is 9.20. The summed E-state index contributed by atoms with van der Waals surface area (Å²) in [4.78, 5) is 25.6. The van der Waals surface area contributed by atoms with Crippen molar-refractivity contribution in [2.45, 2.75) is 0 Å². The van der Waals surface area contributed by atoms with Crippen LogP contribution in [0.5, 0.6) is 0 Å². The van der Waals surface area contributed by atoms with Crippen LogP contribution < -0.4 is 4.90 Å². The van der Waals surface area contributed by atoms with Gasteiger partial charge in [-0.1, -0.05) is 11.6 Å². The molecule has 1 N–H and O–H groups in total. The third kappa shape index (κ3) is 4.59. The molecule has 108 valence electrons. The van der Waals surface area contributed by atoms with Gasteiger partial charge in [0.2, 0.25) is 5.91 Å². The van der Waals surface area contributed by atoms with Crippen LogP contribution >= 0.6 is 11.6 Å². The van der Waals surface area contributed by atoms with E-state index in [0.29, 0.717) is 10.6 Å². The van der Waals surface area contributed by atoms with E-state index in [2.05, 4.69) is 0 Å². The third-order valence-corrected chi connectivity index (χ3v) is 2.91. The molecule has 0 aliphatic carbocycles. The molecule has 0 saturated carbocycles. The number of hydrogen-bond donors (Lipinski definition) is 1. The molecule has 0 atom stereocenters. The minimum absolute atomic E-state index is 0.0457. The average Bonchev–Trinajstić information content (AvgIpc) is 2.35. The first-order chi connectivity index (χ1) is 9.31. The fraction of sp³-hybridized carbons (Fsp3) is 0.286. The van der Waals surface area contributed by atoms with E-state index >= 15 is 0 Å². The van der Waals surface area contributed by atoms with Crippen LogP contribution in [0.2, 0.25) is 5.02 Å². The molecular weight excluding hydrogens is 280 g/mol. The Morgan fingerprint density at radius 2 is 1.95 bits per heavy atom. The van der Waals surface area contributed by atoms with Crippen molar-refractivity contribution in [1.29, 1.82) is 0 Å². The van der Waals surface area contributed by atoms with Crippen LogP contribution in [0.3, 0.4) is 0 Å². The van der Waals surface area contributed by atoms with Crippen molar-refractivity contribution in [3.63, 3.8) is 0 Å². The molecule has 5 nitrogen and oxygen atoms in total. The number of carbonyl (C=O) groups is 2. The Morgan fingerprint density at radius 3 is 2.50 bits per heavy atom. The number of carboxylic acid groups (broad SMARTS) is 1. The summed E-state index contributed by atoms with van der Waals surface area (Å²) in [7, 11) is 5.13. The molecule has 0 aliphatic rings. The van der Waals surface area contributed by atoms with Gasteiger partial charge in [0.15, 0.2) is 0 Å². The molecule has 1 aromatic rings. The van der Waals surface area contributed by atoms with Gasteiger partial charge in [0.05, 0.1) is 6.54 Å². The number of likely N-dealkylation sites (N-methyl/N-ethyl adjacent to an activating group) is 2. The third-order valence-electron chi connectivity index (χ3n) is 2.68. The van der Waals surface area contributed by atoms with Gasteiger partial charge in [0.1, 0.15) is 0 Å². The van der Waals surface area contributed by atoms with E-state index in [1.165, 1.54) is 11.0 Å². The zero-order chi connectivity index (χ0) is 15.3. The number of aliphatic carboxylic acids is 1. The topological polar surface area (TPSA) is 60.9 Å². The van der Waals surface area contributed by atoms with Crippen molar-refractivity contribution < 1.29 is 14.7 Å². The van der Waals surface area contributed by atoms with Gasteiger partial charge in [-0.15, -0.1) is 0 Å². The second-order valence-electron chi connectivity index (χ2n) is 4.52. The molecule has 0 radical (unpaired) electrons. The Kier molecular flexibility index (Phi) is 5.58. The summed E-state index contributed by atoms with van der Waals surface area (Å²) in [6, 6.07) is 5.12. The van der Waals surface area contributed by atoms with E-state index in [9.17, 15) is 9.59 Å². The lowest BCUT2D eigenvalue weighted by atomic mass is 10.1. The zero-order valence-corrected chi connectivity index (χ0v) is 12.4. The molecule has 0 fully saturated rings. The minimum Gasteiger partial charge on any atom is -0.478 e. The van der Waals surface area contributed by atoms with Crippen molar-refractivity contribution in [2.24, 2.45) is 0 Å². The standard InChI is InChI=1S/C14H17ClN2O3/c1-16(2)13(18)9-17(3)12-6-5-11(15)8-10(12)4-7-14(19)20/h4-8H,9H2,1-3H3,(H,19,20)/b7-4+. The Labute approximate surface area is 123 Å². The summed E-state index contributed by atoms with van der Waals surface area (Å²) in [6.45, 7) is 0.197. The lowest BCUT2D eigenvalue weighted by Gasteiger charge is -2.23. The molecule has 1 rings (SSSR count). The van der Waals surface area contributed by atoms with Crippen LogP contribution in [0.15, 0.2) is 24.3 Å². The van der Waals surface area contributed by atoms with Gasteiger partial charge in [0, 0.05) is 37.9 Å². The maximum Gasteiger partial charge on any atom is 0.328 e. The highest BCUT2D eigenvalue weighted by atomic mass is 35.5. The minimum atomic E-state index is -1.04. The van der Waals surface area contributed by atoms with E-state index < -0.39 is 5.97 Å². The molecule has 0 aromatic heterocycles. The number of hydrogen-bond acceptors (Lipinski definition) is 3. The van der Waals surface area contributed by atoms with Crippen LogP contribution in [0, 0.1) is 0 Å². The lowest BCUT2D eigenvalue weighted by molar-refractivity contribution is -0.131. The average molecular weight is 297 g/mol. The van der Waals surface area contributed by atoms with Crippen LogP contribution in [0.4, 0.5) is 5.69 Å². The molecule has 0 aliphatic heterocycles. The van der Waals surface area contributed by atoms with Gasteiger partial charge in [-0.2, -0.15) is 0 Å². The van der Waals surface area contributed by atoms with Crippen molar-refractivity contribution in [2.75, 3.05) is 32.6 Å². The summed E-state index contributed by atoms with van der Waals surface area (Å²) in [5.41, 5.74) is 1.39. The molecule has 1 aromatic carbocycles. The Morgan fingerprint density at radius 1 is 1.30 bits per heavy atom. The van der Waals surface area contributed by atoms with E-state index in [-0.39, 0.29) is 12.5 Å². The van der Waals surface area contributed by atoms with Crippen molar-refractivity contribution in [3.05, 3.63) is 34.9 Å². The van der Waals surface area contributed by atoms with E-state index in [1.807, 2.05) is 0 Å². The van der Waals surface area contributed by atoms with Gasteiger partial charge >= 0.3 is 5.97 Å². The first-order valence-electron chi connectivity index (χ1n) is 5.93. The number of amides is 1. The van der Waals surface area contributed by atoms with Crippen LogP contribution in [-0.4, -0.2) is 49.6 Å². The van der Waals surface area contributed by atoms with Crippen molar-refractivity contribution >= 4 is 35.2 Å².